The minimum Gasteiger partial charge on any atom is -0.459 e. The molecular formula is C21H32N2O4. The maximum atomic E-state index is 12.4. The first-order valence-corrected chi connectivity index (χ1v) is 9.54. The van der Waals surface area contributed by atoms with Gasteiger partial charge in [0.1, 0.15) is 12.2 Å². The standard InChI is InChI=1S/C20H28N2O4.CH4/c21-15-4-8-17(9-5-15)25-19(23)13-2-1-3-14(12-13)20(24)26-18-10-6-16(22)7-11-18;/h1-3,12,15-18H,4-11,21-22H2;1H4. The normalized spacial score (nSPS) is 27.9. The SMILES string of the molecule is C.NC1CCC(OC(=O)c2cccc(C(=O)OC3CCC(N)CC3)c2)CC1. The first kappa shape index (κ1) is 21.4. The van der Waals surface area contributed by atoms with Crippen LogP contribution in [-0.2, 0) is 9.47 Å². The van der Waals surface area contributed by atoms with Crippen LogP contribution in [0.3, 0.4) is 0 Å². The molecule has 0 bridgehead atoms. The Bertz CT molecular complexity index is 582. The van der Waals surface area contributed by atoms with Crippen LogP contribution >= 0.6 is 0 Å². The Kier molecular flexibility index (Phi) is 7.80. The van der Waals surface area contributed by atoms with Gasteiger partial charge in [0.25, 0.3) is 0 Å². The maximum Gasteiger partial charge on any atom is 0.338 e. The zero-order chi connectivity index (χ0) is 18.5. The molecular weight excluding hydrogens is 344 g/mol. The van der Waals surface area contributed by atoms with Gasteiger partial charge < -0.3 is 20.9 Å². The second kappa shape index (κ2) is 9.85. The van der Waals surface area contributed by atoms with Gasteiger partial charge in [0, 0.05) is 12.1 Å². The molecule has 0 aliphatic heterocycles. The Labute approximate surface area is 161 Å². The number of benzene rings is 1. The molecule has 6 nitrogen and oxygen atoms in total. The molecule has 0 amide bonds. The summed E-state index contributed by atoms with van der Waals surface area (Å²) in [5.74, 6) is -0.799. The topological polar surface area (TPSA) is 105 Å². The highest BCUT2D eigenvalue weighted by Crippen LogP contribution is 2.23. The van der Waals surface area contributed by atoms with E-state index < -0.39 is 11.9 Å². The molecule has 150 valence electrons. The molecule has 2 fully saturated rings. The highest BCUT2D eigenvalue weighted by Gasteiger charge is 2.24. The number of ether oxygens (including phenoxy) is 2. The van der Waals surface area contributed by atoms with Gasteiger partial charge in [-0.25, -0.2) is 9.59 Å². The van der Waals surface area contributed by atoms with Gasteiger partial charge in [0.15, 0.2) is 0 Å². The second-order valence-electron chi connectivity index (χ2n) is 7.46. The van der Waals surface area contributed by atoms with Gasteiger partial charge in [-0.15, -0.1) is 0 Å². The lowest BCUT2D eigenvalue weighted by molar-refractivity contribution is 0.0195. The predicted molar refractivity (Wildman–Crippen MR) is 104 cm³/mol. The van der Waals surface area contributed by atoms with E-state index in [0.29, 0.717) is 11.1 Å². The highest BCUT2D eigenvalue weighted by atomic mass is 16.5. The Morgan fingerprint density at radius 1 is 0.741 bits per heavy atom. The van der Waals surface area contributed by atoms with Crippen molar-refractivity contribution in [1.82, 2.24) is 0 Å². The van der Waals surface area contributed by atoms with Gasteiger partial charge in [-0.2, -0.15) is 0 Å². The van der Waals surface area contributed by atoms with Crippen LogP contribution in [-0.4, -0.2) is 36.2 Å². The lowest BCUT2D eigenvalue weighted by Crippen LogP contribution is -2.31. The second-order valence-corrected chi connectivity index (χ2v) is 7.46. The number of nitrogens with two attached hydrogens (primary N) is 2. The molecule has 1 aromatic carbocycles. The van der Waals surface area contributed by atoms with Crippen LogP contribution in [0.2, 0.25) is 0 Å². The van der Waals surface area contributed by atoms with Gasteiger partial charge in [-0.3, -0.25) is 0 Å². The molecule has 27 heavy (non-hydrogen) atoms. The molecule has 3 rings (SSSR count). The minimum atomic E-state index is -0.399. The Hall–Kier alpha value is -1.92. The summed E-state index contributed by atoms with van der Waals surface area (Å²) < 4.78 is 11.1. The molecule has 6 heteroatoms. The molecule has 2 aliphatic carbocycles. The third kappa shape index (κ3) is 6.04. The minimum absolute atomic E-state index is 0. The average Bonchev–Trinajstić information content (AvgIpc) is 2.65. The Morgan fingerprint density at radius 3 is 1.48 bits per heavy atom. The van der Waals surface area contributed by atoms with Crippen LogP contribution in [0.4, 0.5) is 0 Å². The van der Waals surface area contributed by atoms with Gasteiger partial charge >= 0.3 is 11.9 Å². The monoisotopic (exact) mass is 376 g/mol. The van der Waals surface area contributed by atoms with E-state index in [1.807, 2.05) is 0 Å². The van der Waals surface area contributed by atoms with Crippen LogP contribution in [0.5, 0.6) is 0 Å². The summed E-state index contributed by atoms with van der Waals surface area (Å²) in [7, 11) is 0. The molecule has 1 aromatic rings. The fourth-order valence-corrected chi connectivity index (χ4v) is 3.62. The van der Waals surface area contributed by atoms with Crippen molar-refractivity contribution in [3.63, 3.8) is 0 Å². The third-order valence-electron chi connectivity index (χ3n) is 5.32. The summed E-state index contributed by atoms with van der Waals surface area (Å²) in [4.78, 5) is 24.8. The van der Waals surface area contributed by atoms with E-state index in [9.17, 15) is 9.59 Å². The summed E-state index contributed by atoms with van der Waals surface area (Å²) in [6, 6.07) is 6.96. The van der Waals surface area contributed by atoms with Crippen LogP contribution in [0.25, 0.3) is 0 Å². The smallest absolute Gasteiger partial charge is 0.338 e. The third-order valence-corrected chi connectivity index (χ3v) is 5.32. The Balaban J connectivity index is 0.00000261. The summed E-state index contributed by atoms with van der Waals surface area (Å²) in [5, 5.41) is 0. The fourth-order valence-electron chi connectivity index (χ4n) is 3.62. The molecule has 0 unspecified atom stereocenters. The number of esters is 2. The van der Waals surface area contributed by atoms with Crippen molar-refractivity contribution in [2.24, 2.45) is 11.5 Å². The number of carbonyl (C=O) groups excluding carboxylic acids is 2. The molecule has 0 spiro atoms. The molecule has 2 aliphatic rings. The van der Waals surface area contributed by atoms with E-state index in [2.05, 4.69) is 0 Å². The zero-order valence-electron chi connectivity index (χ0n) is 15.1. The summed E-state index contributed by atoms with van der Waals surface area (Å²) in [5.41, 5.74) is 12.5. The van der Waals surface area contributed by atoms with E-state index in [4.69, 9.17) is 20.9 Å². The van der Waals surface area contributed by atoms with Crippen molar-refractivity contribution in [1.29, 1.82) is 0 Å². The van der Waals surface area contributed by atoms with Crippen molar-refractivity contribution in [3.8, 4) is 0 Å². The van der Waals surface area contributed by atoms with Crippen molar-refractivity contribution in [2.75, 3.05) is 0 Å². The van der Waals surface area contributed by atoms with Crippen LogP contribution in [0.1, 0.15) is 79.5 Å². The molecule has 4 N–H and O–H groups in total. The fraction of sp³-hybridized carbons (Fsp3) is 0.619. The highest BCUT2D eigenvalue weighted by molar-refractivity contribution is 5.95. The van der Waals surface area contributed by atoms with Crippen molar-refractivity contribution >= 4 is 11.9 Å². The van der Waals surface area contributed by atoms with Crippen LogP contribution < -0.4 is 11.5 Å². The molecule has 0 radical (unpaired) electrons. The molecule has 0 saturated heterocycles. The van der Waals surface area contributed by atoms with Gasteiger partial charge in [0.05, 0.1) is 11.1 Å². The van der Waals surface area contributed by atoms with Crippen molar-refractivity contribution in [3.05, 3.63) is 35.4 Å². The summed E-state index contributed by atoms with van der Waals surface area (Å²) >= 11 is 0. The zero-order valence-corrected chi connectivity index (χ0v) is 15.1. The quantitative estimate of drug-likeness (QED) is 0.782. The lowest BCUT2D eigenvalue weighted by atomic mass is 9.93. The lowest BCUT2D eigenvalue weighted by Gasteiger charge is -2.26. The molecule has 0 atom stereocenters. The summed E-state index contributed by atoms with van der Waals surface area (Å²) in [6.07, 6.45) is 6.46. The van der Waals surface area contributed by atoms with Crippen molar-refractivity contribution in [2.45, 2.75) is 83.1 Å². The molecule has 0 heterocycles. The largest absolute Gasteiger partial charge is 0.459 e. The molecule has 2 saturated carbocycles. The average molecular weight is 376 g/mol. The van der Waals surface area contributed by atoms with E-state index in [1.165, 1.54) is 0 Å². The van der Waals surface area contributed by atoms with E-state index in [1.54, 1.807) is 24.3 Å². The van der Waals surface area contributed by atoms with Gasteiger partial charge in [-0.05, 0) is 69.6 Å². The summed E-state index contributed by atoms with van der Waals surface area (Å²) in [6.45, 7) is 0. The predicted octanol–water partition coefficient (Wildman–Crippen LogP) is 3.18. The van der Waals surface area contributed by atoms with E-state index in [0.717, 1.165) is 51.4 Å². The van der Waals surface area contributed by atoms with E-state index >= 15 is 0 Å². The first-order chi connectivity index (χ1) is 12.5. The maximum absolute atomic E-state index is 12.4. The number of rotatable bonds is 4. The van der Waals surface area contributed by atoms with E-state index in [-0.39, 0.29) is 31.7 Å². The van der Waals surface area contributed by atoms with Gasteiger partial charge in [0.2, 0.25) is 0 Å². The first-order valence-electron chi connectivity index (χ1n) is 9.54. The number of carbonyl (C=O) groups is 2. The molecule has 0 aromatic heterocycles. The number of hydrogen-bond donors (Lipinski definition) is 2. The van der Waals surface area contributed by atoms with Crippen molar-refractivity contribution < 1.29 is 19.1 Å². The van der Waals surface area contributed by atoms with Crippen LogP contribution in [0.15, 0.2) is 24.3 Å². The number of hydrogen-bond acceptors (Lipinski definition) is 6. The van der Waals surface area contributed by atoms with Gasteiger partial charge in [-0.1, -0.05) is 13.5 Å². The Morgan fingerprint density at radius 2 is 1.11 bits per heavy atom. The van der Waals surface area contributed by atoms with Crippen LogP contribution in [0, 0.1) is 0 Å².